The molecule has 3 heteroatoms. The topological polar surface area (TPSA) is 46.3 Å². The van der Waals surface area contributed by atoms with Crippen LogP contribution in [0.5, 0.6) is 0 Å². The minimum atomic E-state index is 0.317. The summed E-state index contributed by atoms with van der Waals surface area (Å²) >= 11 is 0. The van der Waals surface area contributed by atoms with Crippen molar-refractivity contribution in [3.05, 3.63) is 0 Å². The van der Waals surface area contributed by atoms with Crippen molar-refractivity contribution in [1.82, 2.24) is 4.90 Å². The molecule has 2 aliphatic rings. The molecular formula is C16H30N2O. The van der Waals surface area contributed by atoms with E-state index >= 15 is 0 Å². The van der Waals surface area contributed by atoms with Crippen LogP contribution in [-0.2, 0) is 4.79 Å². The molecule has 3 nitrogen and oxygen atoms in total. The van der Waals surface area contributed by atoms with Crippen molar-refractivity contribution in [2.45, 2.75) is 64.2 Å². The Labute approximate surface area is 117 Å². The summed E-state index contributed by atoms with van der Waals surface area (Å²) in [5.41, 5.74) is 5.66. The van der Waals surface area contributed by atoms with Crippen LogP contribution >= 0.6 is 0 Å². The van der Waals surface area contributed by atoms with Crippen LogP contribution in [0.2, 0.25) is 0 Å². The molecule has 0 radical (unpaired) electrons. The Morgan fingerprint density at radius 3 is 2.37 bits per heavy atom. The molecule has 1 heterocycles. The second-order valence-electron chi connectivity index (χ2n) is 6.41. The zero-order valence-electron chi connectivity index (χ0n) is 12.3. The van der Waals surface area contributed by atoms with E-state index in [0.29, 0.717) is 17.7 Å². The third kappa shape index (κ3) is 4.48. The first kappa shape index (κ1) is 14.8. The van der Waals surface area contributed by atoms with E-state index in [9.17, 15) is 4.79 Å². The summed E-state index contributed by atoms with van der Waals surface area (Å²) in [7, 11) is 0. The Morgan fingerprint density at radius 2 is 1.68 bits per heavy atom. The Bertz CT molecular complexity index is 270. The fraction of sp³-hybridized carbons (Fsp3) is 0.938. The lowest BCUT2D eigenvalue weighted by Gasteiger charge is -2.35. The molecule has 1 atom stereocenters. The Kier molecular flexibility index (Phi) is 6.15. The number of hydrogen-bond acceptors (Lipinski definition) is 2. The lowest BCUT2D eigenvalue weighted by Crippen LogP contribution is -2.43. The summed E-state index contributed by atoms with van der Waals surface area (Å²) in [5, 5.41) is 0. The molecule has 2 N–H and O–H groups in total. The second kappa shape index (κ2) is 7.88. The summed E-state index contributed by atoms with van der Waals surface area (Å²) < 4.78 is 0. The first-order valence-corrected chi connectivity index (χ1v) is 8.30. The van der Waals surface area contributed by atoms with Crippen molar-refractivity contribution in [2.24, 2.45) is 17.6 Å². The zero-order valence-corrected chi connectivity index (χ0v) is 12.3. The third-order valence-corrected chi connectivity index (χ3v) is 4.86. The van der Waals surface area contributed by atoms with Crippen LogP contribution in [-0.4, -0.2) is 30.4 Å². The number of carbonyl (C=O) groups is 1. The highest BCUT2D eigenvalue weighted by atomic mass is 16.2. The quantitative estimate of drug-likeness (QED) is 0.853. The minimum absolute atomic E-state index is 0.317. The standard InChI is InChI=1S/C16H30N2O/c17-11-10-14-7-6-12-18(13-14)16(19)15-8-4-2-1-3-5-9-15/h14-15H,1-13,17H2. The van der Waals surface area contributed by atoms with E-state index in [4.69, 9.17) is 5.73 Å². The van der Waals surface area contributed by atoms with Crippen LogP contribution in [0.25, 0.3) is 0 Å². The van der Waals surface area contributed by atoms with Crippen LogP contribution in [0.1, 0.15) is 64.2 Å². The van der Waals surface area contributed by atoms with E-state index in [1.165, 1.54) is 44.9 Å². The van der Waals surface area contributed by atoms with Crippen LogP contribution < -0.4 is 5.73 Å². The Balaban J connectivity index is 1.86. The maximum Gasteiger partial charge on any atom is 0.225 e. The average molecular weight is 266 g/mol. The van der Waals surface area contributed by atoms with Crippen LogP contribution in [0.3, 0.4) is 0 Å². The Hall–Kier alpha value is -0.570. The number of carbonyl (C=O) groups excluding carboxylic acids is 1. The molecule has 1 unspecified atom stereocenters. The molecular weight excluding hydrogens is 236 g/mol. The lowest BCUT2D eigenvalue weighted by molar-refractivity contribution is -0.138. The maximum atomic E-state index is 12.7. The van der Waals surface area contributed by atoms with Gasteiger partial charge < -0.3 is 10.6 Å². The molecule has 1 aliphatic heterocycles. The summed E-state index contributed by atoms with van der Waals surface area (Å²) in [6.45, 7) is 2.71. The molecule has 2 fully saturated rings. The fourth-order valence-electron chi connectivity index (χ4n) is 3.70. The molecule has 0 aromatic carbocycles. The number of piperidine rings is 1. The summed E-state index contributed by atoms with van der Waals surface area (Å²) in [4.78, 5) is 14.8. The van der Waals surface area contributed by atoms with Gasteiger partial charge in [0.05, 0.1) is 0 Å². The predicted molar refractivity (Wildman–Crippen MR) is 78.8 cm³/mol. The summed E-state index contributed by atoms with van der Waals surface area (Å²) in [6, 6.07) is 0. The van der Waals surface area contributed by atoms with Gasteiger partial charge in [0.25, 0.3) is 0 Å². The normalized spacial score (nSPS) is 26.8. The molecule has 1 amide bonds. The van der Waals surface area contributed by atoms with Crippen LogP contribution in [0.15, 0.2) is 0 Å². The van der Waals surface area contributed by atoms with Gasteiger partial charge in [-0.25, -0.2) is 0 Å². The highest BCUT2D eigenvalue weighted by Gasteiger charge is 2.28. The van der Waals surface area contributed by atoms with Gasteiger partial charge in [0.2, 0.25) is 5.91 Å². The molecule has 0 aromatic heterocycles. The van der Waals surface area contributed by atoms with Crippen molar-refractivity contribution in [2.75, 3.05) is 19.6 Å². The van der Waals surface area contributed by atoms with Gasteiger partial charge in [-0.05, 0) is 44.6 Å². The molecule has 2 rings (SSSR count). The van der Waals surface area contributed by atoms with Crippen molar-refractivity contribution in [3.63, 3.8) is 0 Å². The van der Waals surface area contributed by atoms with Crippen molar-refractivity contribution >= 4 is 5.91 Å². The van der Waals surface area contributed by atoms with E-state index in [0.717, 1.165) is 38.9 Å². The molecule has 19 heavy (non-hydrogen) atoms. The van der Waals surface area contributed by atoms with Crippen molar-refractivity contribution < 1.29 is 4.79 Å². The minimum Gasteiger partial charge on any atom is -0.342 e. The van der Waals surface area contributed by atoms with Crippen LogP contribution in [0.4, 0.5) is 0 Å². The molecule has 0 aromatic rings. The smallest absolute Gasteiger partial charge is 0.225 e. The number of amides is 1. The van der Waals surface area contributed by atoms with Gasteiger partial charge in [-0.1, -0.05) is 32.1 Å². The largest absolute Gasteiger partial charge is 0.342 e. The van der Waals surface area contributed by atoms with E-state index < -0.39 is 0 Å². The summed E-state index contributed by atoms with van der Waals surface area (Å²) in [6.07, 6.45) is 12.2. The molecule has 110 valence electrons. The highest BCUT2D eigenvalue weighted by molar-refractivity contribution is 5.78. The van der Waals surface area contributed by atoms with E-state index in [1.54, 1.807) is 0 Å². The molecule has 1 saturated heterocycles. The van der Waals surface area contributed by atoms with Gasteiger partial charge in [-0.2, -0.15) is 0 Å². The number of rotatable bonds is 3. The van der Waals surface area contributed by atoms with Crippen molar-refractivity contribution in [3.8, 4) is 0 Å². The van der Waals surface area contributed by atoms with Gasteiger partial charge >= 0.3 is 0 Å². The van der Waals surface area contributed by atoms with E-state index in [1.807, 2.05) is 0 Å². The molecule has 0 spiro atoms. The van der Waals surface area contributed by atoms with Gasteiger partial charge in [-0.3, -0.25) is 4.79 Å². The number of likely N-dealkylation sites (tertiary alicyclic amines) is 1. The van der Waals surface area contributed by atoms with Gasteiger partial charge in [0.1, 0.15) is 0 Å². The van der Waals surface area contributed by atoms with Gasteiger partial charge in [0.15, 0.2) is 0 Å². The predicted octanol–water partition coefficient (Wildman–Crippen LogP) is 2.93. The van der Waals surface area contributed by atoms with E-state index in [-0.39, 0.29) is 0 Å². The van der Waals surface area contributed by atoms with Gasteiger partial charge in [0, 0.05) is 19.0 Å². The monoisotopic (exact) mass is 266 g/mol. The number of hydrogen-bond donors (Lipinski definition) is 1. The summed E-state index contributed by atoms with van der Waals surface area (Å²) in [5.74, 6) is 1.41. The average Bonchev–Trinajstić information content (AvgIpc) is 2.38. The maximum absolute atomic E-state index is 12.7. The third-order valence-electron chi connectivity index (χ3n) is 4.86. The number of nitrogens with zero attached hydrogens (tertiary/aromatic N) is 1. The molecule has 0 bridgehead atoms. The molecule has 1 saturated carbocycles. The fourth-order valence-corrected chi connectivity index (χ4v) is 3.70. The number of nitrogens with two attached hydrogens (primary N) is 1. The van der Waals surface area contributed by atoms with Crippen LogP contribution in [0, 0.1) is 11.8 Å². The first-order valence-electron chi connectivity index (χ1n) is 8.30. The molecule has 1 aliphatic carbocycles. The van der Waals surface area contributed by atoms with Crippen molar-refractivity contribution in [1.29, 1.82) is 0 Å². The van der Waals surface area contributed by atoms with E-state index in [2.05, 4.69) is 4.90 Å². The highest BCUT2D eigenvalue weighted by Crippen LogP contribution is 2.27. The lowest BCUT2D eigenvalue weighted by atomic mass is 9.88. The van der Waals surface area contributed by atoms with Gasteiger partial charge in [-0.15, -0.1) is 0 Å². The Morgan fingerprint density at radius 1 is 1.00 bits per heavy atom. The zero-order chi connectivity index (χ0) is 13.5. The second-order valence-corrected chi connectivity index (χ2v) is 6.41. The SMILES string of the molecule is NCCC1CCCN(C(=O)C2CCCCCCC2)C1. The first-order chi connectivity index (χ1) is 9.31.